The van der Waals surface area contributed by atoms with Gasteiger partial charge in [0.05, 0.1) is 18.6 Å². The predicted octanol–water partition coefficient (Wildman–Crippen LogP) is 3.20. The second-order valence-corrected chi connectivity index (χ2v) is 6.26. The van der Waals surface area contributed by atoms with Crippen LogP contribution in [0.15, 0.2) is 23.7 Å². The molecule has 0 bridgehead atoms. The van der Waals surface area contributed by atoms with Crippen LogP contribution in [0.4, 0.5) is 0 Å². The SMILES string of the molecule is CC(C)(C)C1=COC=C(C(C)(C)C)C1N. The third kappa shape index (κ3) is 2.63. The molecule has 0 radical (unpaired) electrons. The molecule has 0 aromatic rings. The Kier molecular flexibility index (Phi) is 3.01. The van der Waals surface area contributed by atoms with Gasteiger partial charge in [0.2, 0.25) is 0 Å². The summed E-state index contributed by atoms with van der Waals surface area (Å²) >= 11 is 0. The fraction of sp³-hybridized carbons (Fsp3) is 0.692. The van der Waals surface area contributed by atoms with Crippen LogP contribution >= 0.6 is 0 Å². The molecule has 2 N–H and O–H groups in total. The molecule has 0 aromatic heterocycles. The third-order valence-electron chi connectivity index (χ3n) is 2.79. The van der Waals surface area contributed by atoms with Crippen molar-refractivity contribution in [3.8, 4) is 0 Å². The molecule has 0 atom stereocenters. The summed E-state index contributed by atoms with van der Waals surface area (Å²) in [6.45, 7) is 13.0. The highest BCUT2D eigenvalue weighted by molar-refractivity contribution is 5.33. The monoisotopic (exact) mass is 209 g/mol. The van der Waals surface area contributed by atoms with E-state index in [2.05, 4.69) is 41.5 Å². The molecule has 0 amide bonds. The molecule has 86 valence electrons. The lowest BCUT2D eigenvalue weighted by Gasteiger charge is -2.36. The maximum Gasteiger partial charge on any atom is 0.0917 e. The van der Waals surface area contributed by atoms with E-state index in [1.54, 1.807) is 12.5 Å². The maximum absolute atomic E-state index is 6.28. The van der Waals surface area contributed by atoms with Crippen LogP contribution in [0.25, 0.3) is 0 Å². The molecular formula is C13H23NO. The smallest absolute Gasteiger partial charge is 0.0917 e. The fourth-order valence-corrected chi connectivity index (χ4v) is 1.78. The zero-order chi connectivity index (χ0) is 11.9. The van der Waals surface area contributed by atoms with Gasteiger partial charge in [0.25, 0.3) is 0 Å². The van der Waals surface area contributed by atoms with Crippen LogP contribution in [0.1, 0.15) is 41.5 Å². The molecule has 0 aliphatic carbocycles. The minimum absolute atomic E-state index is 0.0150. The molecule has 0 unspecified atom stereocenters. The summed E-state index contributed by atoms with van der Waals surface area (Å²) in [5.41, 5.74) is 8.72. The third-order valence-corrected chi connectivity index (χ3v) is 2.79. The van der Waals surface area contributed by atoms with Gasteiger partial charge in [-0.25, -0.2) is 0 Å². The Labute approximate surface area is 93.2 Å². The zero-order valence-corrected chi connectivity index (χ0v) is 10.7. The largest absolute Gasteiger partial charge is 0.473 e. The first-order valence-corrected chi connectivity index (χ1v) is 5.46. The second-order valence-electron chi connectivity index (χ2n) is 6.26. The van der Waals surface area contributed by atoms with Crippen LogP contribution in [-0.2, 0) is 4.74 Å². The Bertz CT molecular complexity index is 269. The lowest BCUT2D eigenvalue weighted by Crippen LogP contribution is -2.38. The summed E-state index contributed by atoms with van der Waals surface area (Å²) < 4.78 is 5.41. The molecule has 1 aliphatic rings. The number of hydrogen-bond donors (Lipinski definition) is 1. The van der Waals surface area contributed by atoms with Crippen LogP contribution in [-0.4, -0.2) is 6.04 Å². The molecule has 0 aromatic carbocycles. The van der Waals surface area contributed by atoms with Gasteiger partial charge in [0.15, 0.2) is 0 Å². The van der Waals surface area contributed by atoms with Gasteiger partial charge in [-0.15, -0.1) is 0 Å². The van der Waals surface area contributed by atoms with E-state index in [1.807, 2.05) is 0 Å². The quantitative estimate of drug-likeness (QED) is 0.665. The van der Waals surface area contributed by atoms with Crippen LogP contribution < -0.4 is 5.73 Å². The molecule has 2 heteroatoms. The maximum atomic E-state index is 6.28. The summed E-state index contributed by atoms with van der Waals surface area (Å²) in [5.74, 6) is 0. The molecule has 15 heavy (non-hydrogen) atoms. The van der Waals surface area contributed by atoms with Crippen LogP contribution in [0, 0.1) is 10.8 Å². The van der Waals surface area contributed by atoms with Crippen molar-refractivity contribution in [2.45, 2.75) is 47.6 Å². The van der Waals surface area contributed by atoms with Gasteiger partial charge < -0.3 is 10.5 Å². The van der Waals surface area contributed by atoms with Crippen molar-refractivity contribution >= 4 is 0 Å². The molecule has 2 nitrogen and oxygen atoms in total. The van der Waals surface area contributed by atoms with Crippen molar-refractivity contribution in [2.75, 3.05) is 0 Å². The average Bonchev–Trinajstić information content (AvgIpc) is 1.99. The first-order valence-electron chi connectivity index (χ1n) is 5.46. The number of rotatable bonds is 0. The second kappa shape index (κ2) is 3.67. The summed E-state index contributed by atoms with van der Waals surface area (Å²) in [5, 5.41) is 0. The van der Waals surface area contributed by atoms with Crippen LogP contribution in [0.5, 0.6) is 0 Å². The van der Waals surface area contributed by atoms with Gasteiger partial charge in [-0.3, -0.25) is 0 Å². The molecule has 1 heterocycles. The van der Waals surface area contributed by atoms with Crippen LogP contribution in [0.3, 0.4) is 0 Å². The first kappa shape index (κ1) is 12.3. The van der Waals surface area contributed by atoms with Gasteiger partial charge in [-0.2, -0.15) is 0 Å². The van der Waals surface area contributed by atoms with Gasteiger partial charge >= 0.3 is 0 Å². The van der Waals surface area contributed by atoms with E-state index in [-0.39, 0.29) is 16.9 Å². The molecule has 0 saturated heterocycles. The normalized spacial score (nSPS) is 19.4. The molecule has 1 aliphatic heterocycles. The van der Waals surface area contributed by atoms with Crippen molar-refractivity contribution in [3.05, 3.63) is 23.7 Å². The Morgan fingerprint density at radius 3 is 1.53 bits per heavy atom. The van der Waals surface area contributed by atoms with Gasteiger partial charge in [-0.05, 0) is 22.0 Å². The number of hydrogen-bond acceptors (Lipinski definition) is 2. The van der Waals surface area contributed by atoms with Crippen molar-refractivity contribution in [1.29, 1.82) is 0 Å². The zero-order valence-electron chi connectivity index (χ0n) is 10.7. The Balaban J connectivity index is 2.99. The average molecular weight is 209 g/mol. The summed E-state index contributed by atoms with van der Waals surface area (Å²) in [7, 11) is 0. The van der Waals surface area contributed by atoms with E-state index >= 15 is 0 Å². The highest BCUT2D eigenvalue weighted by Crippen LogP contribution is 2.38. The van der Waals surface area contributed by atoms with Gasteiger partial charge in [-0.1, -0.05) is 41.5 Å². The predicted molar refractivity (Wildman–Crippen MR) is 64.1 cm³/mol. The van der Waals surface area contributed by atoms with Crippen LogP contribution in [0.2, 0.25) is 0 Å². The molecular weight excluding hydrogens is 186 g/mol. The highest BCUT2D eigenvalue weighted by atomic mass is 16.5. The first-order chi connectivity index (χ1) is 6.64. The van der Waals surface area contributed by atoms with E-state index in [1.165, 1.54) is 0 Å². The summed E-state index contributed by atoms with van der Waals surface area (Å²) in [4.78, 5) is 0. The fourth-order valence-electron chi connectivity index (χ4n) is 1.78. The number of ether oxygens (including phenoxy) is 1. The lowest BCUT2D eigenvalue weighted by atomic mass is 9.74. The molecule has 1 rings (SSSR count). The van der Waals surface area contributed by atoms with E-state index in [4.69, 9.17) is 10.5 Å². The topological polar surface area (TPSA) is 35.2 Å². The van der Waals surface area contributed by atoms with Gasteiger partial charge in [0, 0.05) is 0 Å². The Morgan fingerprint density at radius 2 is 1.27 bits per heavy atom. The van der Waals surface area contributed by atoms with E-state index in [9.17, 15) is 0 Å². The molecule has 0 spiro atoms. The van der Waals surface area contributed by atoms with Crippen molar-refractivity contribution < 1.29 is 4.74 Å². The van der Waals surface area contributed by atoms with E-state index in [0.29, 0.717) is 0 Å². The Morgan fingerprint density at radius 1 is 0.933 bits per heavy atom. The minimum Gasteiger partial charge on any atom is -0.473 e. The highest BCUT2D eigenvalue weighted by Gasteiger charge is 2.33. The van der Waals surface area contributed by atoms with Gasteiger partial charge in [0.1, 0.15) is 0 Å². The van der Waals surface area contributed by atoms with E-state index < -0.39 is 0 Å². The minimum atomic E-state index is -0.0150. The molecule has 0 saturated carbocycles. The van der Waals surface area contributed by atoms with Crippen molar-refractivity contribution in [2.24, 2.45) is 16.6 Å². The molecule has 0 fully saturated rings. The van der Waals surface area contributed by atoms with Crippen molar-refractivity contribution in [1.82, 2.24) is 0 Å². The summed E-state index contributed by atoms with van der Waals surface area (Å²) in [6.07, 6.45) is 3.58. The summed E-state index contributed by atoms with van der Waals surface area (Å²) in [6, 6.07) is -0.0150. The lowest BCUT2D eigenvalue weighted by molar-refractivity contribution is 0.314. The number of nitrogens with two attached hydrogens (primary N) is 1. The van der Waals surface area contributed by atoms with E-state index in [0.717, 1.165) is 11.1 Å². The standard InChI is InChI=1S/C13H23NO/c1-12(2,3)9-7-15-8-10(11(9)14)13(4,5)6/h7-8,11H,14H2,1-6H3. The van der Waals surface area contributed by atoms with Crippen molar-refractivity contribution in [3.63, 3.8) is 0 Å². The Hall–Kier alpha value is -0.760.